The maximum atomic E-state index is 12.6. The highest BCUT2D eigenvalue weighted by Crippen LogP contribution is 2.24. The Hall–Kier alpha value is -3.26. The Morgan fingerprint density at radius 2 is 1.72 bits per heavy atom. The molecule has 0 radical (unpaired) electrons. The normalized spacial score (nSPS) is 14.5. The summed E-state index contributed by atoms with van der Waals surface area (Å²) in [5, 5.41) is 2.81. The van der Waals surface area contributed by atoms with Crippen LogP contribution in [0.25, 0.3) is 0 Å². The van der Waals surface area contributed by atoms with Gasteiger partial charge < -0.3 is 5.32 Å². The third-order valence-corrected chi connectivity index (χ3v) is 5.83. The molecule has 29 heavy (non-hydrogen) atoms. The molecule has 0 bridgehead atoms. The molecule has 1 heterocycles. The quantitative estimate of drug-likeness (QED) is 0.580. The van der Waals surface area contributed by atoms with Crippen LogP contribution in [0.1, 0.15) is 49.6 Å². The van der Waals surface area contributed by atoms with Crippen LogP contribution in [0.4, 0.5) is 0 Å². The topological polar surface area (TPSA) is 101 Å². The number of carbonyl (C=O) groups is 3. The first kappa shape index (κ1) is 20.5. The molecule has 0 unspecified atom stereocenters. The first-order valence-electron chi connectivity index (χ1n) is 8.85. The molecule has 0 fully saturated rings. The monoisotopic (exact) mass is 412 g/mol. The van der Waals surface area contributed by atoms with Gasteiger partial charge in [0, 0.05) is 18.4 Å². The Balaban J connectivity index is 1.78. The highest BCUT2D eigenvalue weighted by atomic mass is 32.2. The Kier molecular flexibility index (Phi) is 5.39. The van der Waals surface area contributed by atoms with Gasteiger partial charge in [-0.05, 0) is 42.8 Å². The molecule has 0 aromatic heterocycles. The molecule has 3 rings (SSSR count). The lowest BCUT2D eigenvalue weighted by Crippen LogP contribution is -2.29. The van der Waals surface area contributed by atoms with Gasteiger partial charge in [-0.3, -0.25) is 19.3 Å². The lowest BCUT2D eigenvalue weighted by atomic mass is 10.0. The zero-order valence-electron chi connectivity index (χ0n) is 16.0. The number of nitrogens with one attached hydrogen (secondary N) is 1. The van der Waals surface area contributed by atoms with Gasteiger partial charge in [0.15, 0.2) is 9.84 Å². The second kappa shape index (κ2) is 7.63. The Morgan fingerprint density at radius 1 is 1.10 bits per heavy atom. The average molecular weight is 412 g/mol. The van der Waals surface area contributed by atoms with Crippen molar-refractivity contribution in [2.24, 2.45) is 0 Å². The second-order valence-corrected chi connectivity index (χ2v) is 8.82. The zero-order valence-corrected chi connectivity index (χ0v) is 16.8. The van der Waals surface area contributed by atoms with Gasteiger partial charge in [-0.15, -0.1) is 6.58 Å². The van der Waals surface area contributed by atoms with Crippen molar-refractivity contribution in [1.82, 2.24) is 10.2 Å². The van der Waals surface area contributed by atoms with Gasteiger partial charge in [0.25, 0.3) is 17.7 Å². The molecule has 3 amide bonds. The molecule has 1 aliphatic rings. The number of fused-ring (bicyclic) bond motifs is 1. The molecular weight excluding hydrogens is 392 g/mol. The lowest BCUT2D eigenvalue weighted by Gasteiger charge is -2.15. The summed E-state index contributed by atoms with van der Waals surface area (Å²) in [5.74, 6) is -1.27. The molecule has 1 atom stereocenters. The third-order valence-electron chi connectivity index (χ3n) is 4.70. The fraction of sp³-hybridized carbons (Fsp3) is 0.190. The van der Waals surface area contributed by atoms with E-state index in [1.807, 2.05) is 0 Å². The minimum atomic E-state index is -3.29. The Morgan fingerprint density at radius 3 is 2.31 bits per heavy atom. The smallest absolute Gasteiger partial charge is 0.261 e. The van der Waals surface area contributed by atoms with E-state index in [0.29, 0.717) is 0 Å². The standard InChI is InChI=1S/C21H20N2O5S/c1-4-11-23-20(25)17-10-7-15(12-18(17)21(23)26)19(24)22-13(2)14-5-8-16(9-6-14)29(3,27)28/h4-10,12-13H,1,11H2,2-3H3,(H,22,24)/t13-/m0/s1. The van der Waals surface area contributed by atoms with Gasteiger partial charge in [-0.25, -0.2) is 8.42 Å². The van der Waals surface area contributed by atoms with Gasteiger partial charge in [-0.2, -0.15) is 0 Å². The van der Waals surface area contributed by atoms with E-state index in [1.165, 1.54) is 36.4 Å². The number of rotatable bonds is 6. The van der Waals surface area contributed by atoms with Gasteiger partial charge >= 0.3 is 0 Å². The molecular formula is C21H20N2O5S. The minimum Gasteiger partial charge on any atom is -0.346 e. The summed E-state index contributed by atoms with van der Waals surface area (Å²) in [6, 6.07) is 10.2. The first-order valence-corrected chi connectivity index (χ1v) is 10.7. The molecule has 1 aliphatic heterocycles. The maximum Gasteiger partial charge on any atom is 0.261 e. The van der Waals surface area contributed by atoms with Crippen molar-refractivity contribution in [3.63, 3.8) is 0 Å². The van der Waals surface area contributed by atoms with Crippen molar-refractivity contribution in [1.29, 1.82) is 0 Å². The fourth-order valence-corrected chi connectivity index (χ4v) is 3.72. The first-order chi connectivity index (χ1) is 13.6. The van der Waals surface area contributed by atoms with Crippen molar-refractivity contribution >= 4 is 27.6 Å². The predicted molar refractivity (Wildman–Crippen MR) is 107 cm³/mol. The number of nitrogens with zero attached hydrogens (tertiary/aromatic N) is 1. The minimum absolute atomic E-state index is 0.106. The summed E-state index contributed by atoms with van der Waals surface area (Å²) in [6.07, 6.45) is 2.59. The van der Waals surface area contributed by atoms with E-state index in [1.54, 1.807) is 19.1 Å². The summed E-state index contributed by atoms with van der Waals surface area (Å²) in [6.45, 7) is 5.41. The number of benzene rings is 2. The highest BCUT2D eigenvalue weighted by molar-refractivity contribution is 7.90. The van der Waals surface area contributed by atoms with Gasteiger partial charge in [-0.1, -0.05) is 18.2 Å². The molecule has 7 nitrogen and oxygen atoms in total. The van der Waals surface area contributed by atoms with Crippen LogP contribution in [0.5, 0.6) is 0 Å². The van der Waals surface area contributed by atoms with Crippen molar-refractivity contribution in [2.75, 3.05) is 12.8 Å². The van der Waals surface area contributed by atoms with E-state index in [-0.39, 0.29) is 34.2 Å². The summed E-state index contributed by atoms with van der Waals surface area (Å²) >= 11 is 0. The molecule has 0 saturated heterocycles. The van der Waals surface area contributed by atoms with Crippen molar-refractivity contribution < 1.29 is 22.8 Å². The molecule has 0 spiro atoms. The lowest BCUT2D eigenvalue weighted by molar-refractivity contribution is 0.0671. The summed E-state index contributed by atoms with van der Waals surface area (Å²) in [4.78, 5) is 38.5. The Labute approximate surface area is 168 Å². The average Bonchev–Trinajstić information content (AvgIpc) is 2.92. The van der Waals surface area contributed by atoms with Crippen LogP contribution in [-0.2, 0) is 9.84 Å². The maximum absolute atomic E-state index is 12.6. The zero-order chi connectivity index (χ0) is 21.3. The van der Waals surface area contributed by atoms with E-state index in [4.69, 9.17) is 0 Å². The second-order valence-electron chi connectivity index (χ2n) is 6.81. The van der Waals surface area contributed by atoms with E-state index >= 15 is 0 Å². The number of carbonyl (C=O) groups excluding carboxylic acids is 3. The molecule has 0 aliphatic carbocycles. The van der Waals surface area contributed by atoms with E-state index in [2.05, 4.69) is 11.9 Å². The van der Waals surface area contributed by atoms with Crippen LogP contribution >= 0.6 is 0 Å². The fourth-order valence-electron chi connectivity index (χ4n) is 3.09. The summed E-state index contributed by atoms with van der Waals surface area (Å²) < 4.78 is 23.1. The molecule has 2 aromatic rings. The van der Waals surface area contributed by atoms with E-state index < -0.39 is 27.6 Å². The van der Waals surface area contributed by atoms with E-state index in [0.717, 1.165) is 16.7 Å². The van der Waals surface area contributed by atoms with Crippen LogP contribution in [0.2, 0.25) is 0 Å². The van der Waals surface area contributed by atoms with Crippen LogP contribution in [0.15, 0.2) is 60.0 Å². The van der Waals surface area contributed by atoms with E-state index in [9.17, 15) is 22.8 Å². The van der Waals surface area contributed by atoms with Crippen LogP contribution < -0.4 is 5.32 Å². The SMILES string of the molecule is C=CCN1C(=O)c2ccc(C(=O)N[C@@H](C)c3ccc(S(C)(=O)=O)cc3)cc2C1=O. The highest BCUT2D eigenvalue weighted by Gasteiger charge is 2.35. The van der Waals surface area contributed by atoms with Crippen LogP contribution in [-0.4, -0.2) is 43.8 Å². The van der Waals surface area contributed by atoms with Crippen LogP contribution in [0, 0.1) is 0 Å². The summed E-state index contributed by atoms with van der Waals surface area (Å²) in [7, 11) is -3.29. The number of imide groups is 1. The van der Waals surface area contributed by atoms with Gasteiger partial charge in [0.1, 0.15) is 0 Å². The largest absolute Gasteiger partial charge is 0.346 e. The van der Waals surface area contributed by atoms with Crippen LogP contribution in [0.3, 0.4) is 0 Å². The molecule has 1 N–H and O–H groups in total. The molecule has 2 aromatic carbocycles. The van der Waals surface area contributed by atoms with Crippen molar-refractivity contribution in [3.05, 3.63) is 77.4 Å². The van der Waals surface area contributed by atoms with Gasteiger partial charge in [0.05, 0.1) is 22.1 Å². The summed E-state index contributed by atoms with van der Waals surface area (Å²) in [5.41, 5.74) is 1.44. The number of hydrogen-bond donors (Lipinski definition) is 1. The number of hydrogen-bond acceptors (Lipinski definition) is 5. The molecule has 150 valence electrons. The van der Waals surface area contributed by atoms with Crippen molar-refractivity contribution in [2.45, 2.75) is 17.9 Å². The Bertz CT molecular complexity index is 1120. The van der Waals surface area contributed by atoms with Crippen molar-refractivity contribution in [3.8, 4) is 0 Å². The number of sulfone groups is 1. The third kappa shape index (κ3) is 3.97. The predicted octanol–water partition coefficient (Wildman–Crippen LogP) is 2.36. The molecule has 8 heteroatoms. The molecule has 0 saturated carbocycles. The van der Waals surface area contributed by atoms with Gasteiger partial charge in [0.2, 0.25) is 0 Å². The number of amides is 3.